The number of carbonyl (C=O) groups excluding carboxylic acids is 2. The first-order valence-electron chi connectivity index (χ1n) is 8.06. The fraction of sp³-hybridized carbons (Fsp3) is 0.211. The van der Waals surface area contributed by atoms with Gasteiger partial charge in [0.15, 0.2) is 6.61 Å². The van der Waals surface area contributed by atoms with Crippen LogP contribution in [0.3, 0.4) is 0 Å². The molecule has 0 aliphatic rings. The monoisotopic (exact) mass is 354 g/mol. The van der Waals surface area contributed by atoms with Crippen molar-refractivity contribution >= 4 is 39.1 Å². The Bertz CT molecular complexity index is 828. The van der Waals surface area contributed by atoms with Crippen LogP contribution >= 0.6 is 11.3 Å². The van der Waals surface area contributed by atoms with Crippen LogP contribution in [0.4, 0.5) is 5.69 Å². The Morgan fingerprint density at radius 2 is 1.80 bits per heavy atom. The lowest BCUT2D eigenvalue weighted by molar-refractivity contribution is -0.147. The summed E-state index contributed by atoms with van der Waals surface area (Å²) in [6.45, 7) is -0.269. The van der Waals surface area contributed by atoms with E-state index in [9.17, 15) is 9.59 Å². The first kappa shape index (κ1) is 17.1. The van der Waals surface area contributed by atoms with Crippen LogP contribution in [0.5, 0.6) is 0 Å². The molecule has 25 heavy (non-hydrogen) atoms. The average molecular weight is 354 g/mol. The molecule has 0 bridgehead atoms. The molecule has 0 saturated carbocycles. The minimum absolute atomic E-state index is 0.269. The molecule has 0 atom stereocenters. The molecule has 3 rings (SSSR count). The largest absolute Gasteiger partial charge is 0.456 e. The highest BCUT2D eigenvalue weighted by Crippen LogP contribution is 2.22. The van der Waals surface area contributed by atoms with E-state index in [-0.39, 0.29) is 24.9 Å². The van der Waals surface area contributed by atoms with E-state index in [4.69, 9.17) is 4.74 Å². The summed E-state index contributed by atoms with van der Waals surface area (Å²) in [6.07, 6.45) is 1.65. The summed E-state index contributed by atoms with van der Waals surface area (Å²) in [5.41, 5.74) is 1.67. The molecule has 6 heteroatoms. The summed E-state index contributed by atoms with van der Waals surface area (Å²) >= 11 is 1.64. The summed E-state index contributed by atoms with van der Waals surface area (Å²) < 4.78 is 6.16. The highest BCUT2D eigenvalue weighted by atomic mass is 32.1. The number of benzene rings is 2. The van der Waals surface area contributed by atoms with E-state index in [0.29, 0.717) is 12.1 Å². The van der Waals surface area contributed by atoms with Gasteiger partial charge in [-0.1, -0.05) is 30.3 Å². The van der Waals surface area contributed by atoms with Gasteiger partial charge in [0.2, 0.25) is 0 Å². The molecule has 1 aromatic heterocycles. The van der Waals surface area contributed by atoms with Crippen LogP contribution in [0, 0.1) is 0 Å². The highest BCUT2D eigenvalue weighted by molar-refractivity contribution is 7.18. The Morgan fingerprint density at radius 3 is 2.60 bits per heavy atom. The number of ether oxygens (including phenoxy) is 1. The zero-order chi connectivity index (χ0) is 17.5. The topological polar surface area (TPSA) is 68.3 Å². The first-order valence-corrected chi connectivity index (χ1v) is 8.87. The van der Waals surface area contributed by atoms with Gasteiger partial charge in [0.05, 0.1) is 15.2 Å². The van der Waals surface area contributed by atoms with Crippen molar-refractivity contribution in [2.75, 3.05) is 11.9 Å². The second kappa shape index (κ2) is 8.39. The quantitative estimate of drug-likeness (QED) is 0.655. The predicted octanol–water partition coefficient (Wildman–Crippen LogP) is 3.80. The number of aromatic nitrogens is 1. The Kier molecular flexibility index (Phi) is 5.74. The predicted molar refractivity (Wildman–Crippen MR) is 98.6 cm³/mol. The standard InChI is InChI=1S/C19H18N2O3S/c22-17(20-14-7-2-1-3-8-14)13-24-19(23)12-6-11-18-21-15-9-4-5-10-16(15)25-18/h1-5,7-10H,6,11-13H2,(H,20,22). The molecular formula is C19H18N2O3S. The number of aryl methyl sites for hydroxylation is 1. The van der Waals surface area contributed by atoms with Crippen LogP contribution < -0.4 is 5.32 Å². The van der Waals surface area contributed by atoms with E-state index >= 15 is 0 Å². The van der Waals surface area contributed by atoms with Gasteiger partial charge in [0.25, 0.3) is 5.91 Å². The third-order valence-electron chi connectivity index (χ3n) is 3.53. The number of rotatable bonds is 7. The molecule has 0 spiro atoms. The Balaban J connectivity index is 1.37. The van der Waals surface area contributed by atoms with Crippen LogP contribution in [0.15, 0.2) is 54.6 Å². The van der Waals surface area contributed by atoms with Crippen molar-refractivity contribution in [1.29, 1.82) is 0 Å². The minimum atomic E-state index is -0.371. The smallest absolute Gasteiger partial charge is 0.306 e. The van der Waals surface area contributed by atoms with Gasteiger partial charge in [-0.15, -0.1) is 11.3 Å². The summed E-state index contributed by atoms with van der Waals surface area (Å²) in [5.74, 6) is -0.713. The fourth-order valence-corrected chi connectivity index (χ4v) is 3.36. The van der Waals surface area contributed by atoms with E-state index < -0.39 is 0 Å². The summed E-state index contributed by atoms with van der Waals surface area (Å²) in [6, 6.07) is 17.0. The highest BCUT2D eigenvalue weighted by Gasteiger charge is 2.09. The molecule has 0 saturated heterocycles. The van der Waals surface area contributed by atoms with Gasteiger partial charge in [0.1, 0.15) is 0 Å². The third-order valence-corrected chi connectivity index (χ3v) is 4.63. The molecular weight excluding hydrogens is 336 g/mol. The van der Waals surface area contributed by atoms with Crippen molar-refractivity contribution in [3.05, 3.63) is 59.6 Å². The number of hydrogen-bond donors (Lipinski definition) is 1. The number of carbonyl (C=O) groups is 2. The number of nitrogens with zero attached hydrogens (tertiary/aromatic N) is 1. The van der Waals surface area contributed by atoms with E-state index in [0.717, 1.165) is 21.6 Å². The Morgan fingerprint density at radius 1 is 1.04 bits per heavy atom. The lowest BCUT2D eigenvalue weighted by atomic mass is 10.2. The van der Waals surface area contributed by atoms with E-state index in [1.807, 2.05) is 42.5 Å². The molecule has 2 aromatic carbocycles. The van der Waals surface area contributed by atoms with Gasteiger partial charge in [-0.2, -0.15) is 0 Å². The number of amides is 1. The second-order valence-electron chi connectivity index (χ2n) is 5.50. The van der Waals surface area contributed by atoms with Gasteiger partial charge in [-0.25, -0.2) is 4.98 Å². The molecule has 5 nitrogen and oxygen atoms in total. The zero-order valence-corrected chi connectivity index (χ0v) is 14.4. The van der Waals surface area contributed by atoms with Gasteiger partial charge in [-0.3, -0.25) is 9.59 Å². The number of hydrogen-bond acceptors (Lipinski definition) is 5. The zero-order valence-electron chi connectivity index (χ0n) is 13.6. The normalized spacial score (nSPS) is 10.6. The number of nitrogens with one attached hydrogen (secondary N) is 1. The number of esters is 1. The second-order valence-corrected chi connectivity index (χ2v) is 6.62. The van der Waals surface area contributed by atoms with Crippen LogP contribution in [0.1, 0.15) is 17.8 Å². The average Bonchev–Trinajstić information content (AvgIpc) is 3.03. The van der Waals surface area contributed by atoms with Crippen molar-refractivity contribution in [3.8, 4) is 0 Å². The molecule has 128 valence electrons. The maximum Gasteiger partial charge on any atom is 0.306 e. The van der Waals surface area contributed by atoms with Gasteiger partial charge < -0.3 is 10.1 Å². The number of para-hydroxylation sites is 2. The summed E-state index contributed by atoms with van der Waals surface area (Å²) in [5, 5.41) is 3.68. The van der Waals surface area contributed by atoms with Crippen molar-refractivity contribution in [2.45, 2.75) is 19.3 Å². The summed E-state index contributed by atoms with van der Waals surface area (Å²) in [4.78, 5) is 28.0. The lowest BCUT2D eigenvalue weighted by Gasteiger charge is -2.06. The van der Waals surface area contributed by atoms with Crippen LogP contribution in [0.2, 0.25) is 0 Å². The molecule has 1 amide bonds. The van der Waals surface area contributed by atoms with Gasteiger partial charge >= 0.3 is 5.97 Å². The molecule has 0 aliphatic heterocycles. The summed E-state index contributed by atoms with van der Waals surface area (Å²) in [7, 11) is 0. The molecule has 3 aromatic rings. The van der Waals surface area contributed by atoms with Gasteiger partial charge in [-0.05, 0) is 37.1 Å². The van der Waals surface area contributed by atoms with E-state index in [2.05, 4.69) is 10.3 Å². The Hall–Kier alpha value is -2.73. The van der Waals surface area contributed by atoms with Crippen molar-refractivity contribution < 1.29 is 14.3 Å². The van der Waals surface area contributed by atoms with E-state index in [1.54, 1.807) is 23.5 Å². The number of thiazole rings is 1. The van der Waals surface area contributed by atoms with Crippen molar-refractivity contribution in [1.82, 2.24) is 4.98 Å². The number of fused-ring (bicyclic) bond motifs is 1. The Labute approximate surface area is 149 Å². The van der Waals surface area contributed by atoms with Gasteiger partial charge in [0, 0.05) is 12.1 Å². The molecule has 1 heterocycles. The third kappa shape index (κ3) is 5.12. The maximum atomic E-state index is 11.7. The fourth-order valence-electron chi connectivity index (χ4n) is 2.35. The molecule has 0 fully saturated rings. The first-order chi connectivity index (χ1) is 12.2. The van der Waals surface area contributed by atoms with Crippen LogP contribution in [0.25, 0.3) is 10.2 Å². The maximum absolute atomic E-state index is 11.7. The van der Waals surface area contributed by atoms with E-state index in [1.165, 1.54) is 0 Å². The lowest BCUT2D eigenvalue weighted by Crippen LogP contribution is -2.20. The van der Waals surface area contributed by atoms with Crippen LogP contribution in [-0.4, -0.2) is 23.5 Å². The van der Waals surface area contributed by atoms with Crippen LogP contribution in [-0.2, 0) is 20.7 Å². The minimum Gasteiger partial charge on any atom is -0.456 e. The molecule has 0 radical (unpaired) electrons. The molecule has 0 unspecified atom stereocenters. The number of anilines is 1. The van der Waals surface area contributed by atoms with Crippen molar-refractivity contribution in [3.63, 3.8) is 0 Å². The molecule has 0 aliphatic carbocycles. The SMILES string of the molecule is O=C(COC(=O)CCCc1nc2ccccc2s1)Nc1ccccc1. The van der Waals surface area contributed by atoms with Crippen molar-refractivity contribution in [2.24, 2.45) is 0 Å². The molecule has 1 N–H and O–H groups in total.